The fourth-order valence-electron chi connectivity index (χ4n) is 1.52. The standard InChI is InChI=1S/C12H13NO2S/c1-3-15-12(14)13-9-4-5-10-8(2)7-16-11(10)6-9/h4-7H,3H2,1-2H3,(H,13,14). The maximum atomic E-state index is 11.2. The van der Waals surface area contributed by atoms with Crippen LogP contribution < -0.4 is 5.32 Å². The summed E-state index contributed by atoms with van der Waals surface area (Å²) in [7, 11) is 0. The van der Waals surface area contributed by atoms with E-state index in [1.165, 1.54) is 15.6 Å². The molecule has 0 unspecified atom stereocenters. The normalized spacial score (nSPS) is 10.4. The topological polar surface area (TPSA) is 38.3 Å². The third kappa shape index (κ3) is 2.17. The van der Waals surface area contributed by atoms with E-state index >= 15 is 0 Å². The van der Waals surface area contributed by atoms with Crippen molar-refractivity contribution in [3.63, 3.8) is 0 Å². The molecule has 0 bridgehead atoms. The van der Waals surface area contributed by atoms with Gasteiger partial charge in [-0.25, -0.2) is 4.79 Å². The van der Waals surface area contributed by atoms with Gasteiger partial charge in [0, 0.05) is 10.4 Å². The van der Waals surface area contributed by atoms with Crippen LogP contribution in [-0.4, -0.2) is 12.7 Å². The number of ether oxygens (including phenoxy) is 1. The van der Waals surface area contributed by atoms with Crippen LogP contribution in [-0.2, 0) is 4.74 Å². The van der Waals surface area contributed by atoms with Crippen molar-refractivity contribution < 1.29 is 9.53 Å². The van der Waals surface area contributed by atoms with Crippen molar-refractivity contribution in [1.82, 2.24) is 0 Å². The molecule has 0 saturated heterocycles. The van der Waals surface area contributed by atoms with E-state index in [4.69, 9.17) is 4.74 Å². The van der Waals surface area contributed by atoms with E-state index in [9.17, 15) is 4.79 Å². The molecule has 0 fully saturated rings. The number of nitrogens with one attached hydrogen (secondary N) is 1. The molecule has 84 valence electrons. The zero-order valence-electron chi connectivity index (χ0n) is 9.24. The third-order valence-corrected chi connectivity index (χ3v) is 3.35. The van der Waals surface area contributed by atoms with Gasteiger partial charge in [-0.1, -0.05) is 6.07 Å². The highest BCUT2D eigenvalue weighted by Gasteiger charge is 2.04. The van der Waals surface area contributed by atoms with Gasteiger partial charge in [0.1, 0.15) is 0 Å². The number of carbonyl (C=O) groups is 1. The highest BCUT2D eigenvalue weighted by atomic mass is 32.1. The lowest BCUT2D eigenvalue weighted by molar-refractivity contribution is 0.168. The lowest BCUT2D eigenvalue weighted by Crippen LogP contribution is -2.12. The number of aryl methyl sites for hydroxylation is 1. The van der Waals surface area contributed by atoms with Crippen molar-refractivity contribution in [1.29, 1.82) is 0 Å². The highest BCUT2D eigenvalue weighted by Crippen LogP contribution is 2.27. The maximum absolute atomic E-state index is 11.2. The van der Waals surface area contributed by atoms with E-state index in [-0.39, 0.29) is 0 Å². The molecule has 4 heteroatoms. The van der Waals surface area contributed by atoms with Crippen LogP contribution in [0.3, 0.4) is 0 Å². The second-order valence-corrected chi connectivity index (χ2v) is 4.39. The first kappa shape index (κ1) is 11.0. The molecule has 0 atom stereocenters. The fourth-order valence-corrected chi connectivity index (χ4v) is 2.51. The monoisotopic (exact) mass is 235 g/mol. The van der Waals surface area contributed by atoms with Gasteiger partial charge < -0.3 is 4.74 Å². The van der Waals surface area contributed by atoms with Gasteiger partial charge in [0.15, 0.2) is 0 Å². The van der Waals surface area contributed by atoms with Crippen LogP contribution in [0.2, 0.25) is 0 Å². The number of carbonyl (C=O) groups excluding carboxylic acids is 1. The van der Waals surface area contributed by atoms with Gasteiger partial charge in [-0.05, 0) is 42.3 Å². The maximum Gasteiger partial charge on any atom is 0.411 e. The molecule has 1 N–H and O–H groups in total. The molecule has 0 aliphatic carbocycles. The third-order valence-electron chi connectivity index (χ3n) is 2.29. The van der Waals surface area contributed by atoms with E-state index in [1.807, 2.05) is 18.2 Å². The first-order chi connectivity index (χ1) is 7.70. The predicted molar refractivity (Wildman–Crippen MR) is 67.2 cm³/mol. The summed E-state index contributed by atoms with van der Waals surface area (Å²) < 4.78 is 5.99. The number of hydrogen-bond donors (Lipinski definition) is 1. The van der Waals surface area contributed by atoms with E-state index in [2.05, 4.69) is 17.6 Å². The van der Waals surface area contributed by atoms with Crippen molar-refractivity contribution in [2.24, 2.45) is 0 Å². The van der Waals surface area contributed by atoms with Crippen molar-refractivity contribution in [2.45, 2.75) is 13.8 Å². The number of fused-ring (bicyclic) bond motifs is 1. The van der Waals surface area contributed by atoms with Crippen LogP contribution >= 0.6 is 11.3 Å². The first-order valence-corrected chi connectivity index (χ1v) is 6.00. The van der Waals surface area contributed by atoms with Crippen LogP contribution in [0.5, 0.6) is 0 Å². The summed E-state index contributed by atoms with van der Waals surface area (Å²) >= 11 is 1.68. The molecule has 0 spiro atoms. The zero-order chi connectivity index (χ0) is 11.5. The summed E-state index contributed by atoms with van der Waals surface area (Å²) in [5.41, 5.74) is 2.04. The summed E-state index contributed by atoms with van der Waals surface area (Å²) in [5, 5.41) is 6.04. The Balaban J connectivity index is 2.23. The van der Waals surface area contributed by atoms with Gasteiger partial charge in [0.05, 0.1) is 6.61 Å². The molecule has 0 aliphatic rings. The van der Waals surface area contributed by atoms with Crippen LogP contribution in [0.15, 0.2) is 23.6 Å². The molecule has 1 aromatic heterocycles. The van der Waals surface area contributed by atoms with Gasteiger partial charge >= 0.3 is 6.09 Å². The molecule has 2 aromatic rings. The van der Waals surface area contributed by atoms with Crippen LogP contribution in [0, 0.1) is 6.92 Å². The Hall–Kier alpha value is -1.55. The van der Waals surface area contributed by atoms with E-state index in [0.29, 0.717) is 6.61 Å². The van der Waals surface area contributed by atoms with Gasteiger partial charge in [-0.2, -0.15) is 0 Å². The fraction of sp³-hybridized carbons (Fsp3) is 0.250. The van der Waals surface area contributed by atoms with E-state index < -0.39 is 6.09 Å². The van der Waals surface area contributed by atoms with Gasteiger partial charge in [0.2, 0.25) is 0 Å². The van der Waals surface area contributed by atoms with E-state index in [1.54, 1.807) is 18.3 Å². The Labute approximate surface area is 98.0 Å². The SMILES string of the molecule is CCOC(=O)Nc1ccc2c(C)csc2c1. The number of hydrogen-bond acceptors (Lipinski definition) is 3. The predicted octanol–water partition coefficient (Wildman–Crippen LogP) is 3.78. The van der Waals surface area contributed by atoms with Crippen LogP contribution in [0.25, 0.3) is 10.1 Å². The van der Waals surface area contributed by atoms with Crippen molar-refractivity contribution in [2.75, 3.05) is 11.9 Å². The molecule has 3 nitrogen and oxygen atoms in total. The Morgan fingerprint density at radius 1 is 1.50 bits per heavy atom. The summed E-state index contributed by atoms with van der Waals surface area (Å²) in [4.78, 5) is 11.2. The highest BCUT2D eigenvalue weighted by molar-refractivity contribution is 7.17. The minimum absolute atomic E-state index is 0.381. The number of amides is 1. The minimum atomic E-state index is -0.407. The Bertz CT molecular complexity index is 519. The Morgan fingerprint density at radius 3 is 3.06 bits per heavy atom. The second kappa shape index (κ2) is 4.53. The molecule has 1 aromatic carbocycles. The lowest BCUT2D eigenvalue weighted by Gasteiger charge is -2.04. The summed E-state index contributed by atoms with van der Waals surface area (Å²) in [5.74, 6) is 0. The smallest absolute Gasteiger partial charge is 0.411 e. The largest absolute Gasteiger partial charge is 0.450 e. The van der Waals surface area contributed by atoms with Crippen molar-refractivity contribution >= 4 is 33.2 Å². The molecule has 2 rings (SSSR count). The van der Waals surface area contributed by atoms with Crippen molar-refractivity contribution in [3.05, 3.63) is 29.1 Å². The Morgan fingerprint density at radius 2 is 2.31 bits per heavy atom. The average molecular weight is 235 g/mol. The minimum Gasteiger partial charge on any atom is -0.450 e. The molecular formula is C12H13NO2S. The number of benzene rings is 1. The van der Waals surface area contributed by atoms with Gasteiger partial charge in [-0.3, -0.25) is 5.32 Å². The number of anilines is 1. The number of rotatable bonds is 2. The van der Waals surface area contributed by atoms with Gasteiger partial charge in [0.25, 0.3) is 0 Å². The molecule has 1 amide bonds. The molecule has 1 heterocycles. The molecule has 0 aliphatic heterocycles. The zero-order valence-corrected chi connectivity index (χ0v) is 10.1. The molecule has 0 saturated carbocycles. The number of thiophene rings is 1. The van der Waals surface area contributed by atoms with Crippen LogP contribution in [0.4, 0.5) is 10.5 Å². The molecular weight excluding hydrogens is 222 g/mol. The first-order valence-electron chi connectivity index (χ1n) is 5.12. The molecule has 16 heavy (non-hydrogen) atoms. The van der Waals surface area contributed by atoms with Crippen molar-refractivity contribution in [3.8, 4) is 0 Å². The summed E-state index contributed by atoms with van der Waals surface area (Å²) in [6, 6.07) is 5.87. The van der Waals surface area contributed by atoms with Gasteiger partial charge in [-0.15, -0.1) is 11.3 Å². The van der Waals surface area contributed by atoms with Crippen LogP contribution in [0.1, 0.15) is 12.5 Å². The van der Waals surface area contributed by atoms with E-state index in [0.717, 1.165) is 5.69 Å². The summed E-state index contributed by atoms with van der Waals surface area (Å²) in [6.45, 7) is 4.24. The lowest BCUT2D eigenvalue weighted by atomic mass is 10.2. The quantitative estimate of drug-likeness (QED) is 0.860. The average Bonchev–Trinajstić information content (AvgIpc) is 2.60. The second-order valence-electron chi connectivity index (χ2n) is 3.48. The summed E-state index contributed by atoms with van der Waals surface area (Å²) in [6.07, 6.45) is -0.407. The Kier molecular flexibility index (Phi) is 3.10. The molecule has 0 radical (unpaired) electrons.